The average molecular weight is 307 g/mol. The Morgan fingerprint density at radius 3 is 2.52 bits per heavy atom. The zero-order valence-corrected chi connectivity index (χ0v) is 14.0. The summed E-state index contributed by atoms with van der Waals surface area (Å²) < 4.78 is 7.14. The Hall–Kier alpha value is -2.55. The highest BCUT2D eigenvalue weighted by molar-refractivity contribution is 5.96. The third-order valence-electron chi connectivity index (χ3n) is 4.65. The standard InChI is InChI=1S/C20H21NO2/c1-13-7-5-6-8-17(13)12-21-15(3)14(2)18-11-16(20(22)23-4)9-10-19(18)21/h5-11H,12H2,1-4H3. The summed E-state index contributed by atoms with van der Waals surface area (Å²) >= 11 is 0. The van der Waals surface area contributed by atoms with Crippen LogP contribution in [0.4, 0.5) is 0 Å². The zero-order valence-electron chi connectivity index (χ0n) is 14.0. The highest BCUT2D eigenvalue weighted by Crippen LogP contribution is 2.27. The molecule has 2 aromatic carbocycles. The molecule has 0 aliphatic carbocycles. The molecule has 3 rings (SSSR count). The Labute approximate surface area is 136 Å². The van der Waals surface area contributed by atoms with Gasteiger partial charge >= 0.3 is 5.97 Å². The normalized spacial score (nSPS) is 11.0. The lowest BCUT2D eigenvalue weighted by atomic mass is 10.1. The highest BCUT2D eigenvalue weighted by Gasteiger charge is 2.14. The quantitative estimate of drug-likeness (QED) is 0.672. The summed E-state index contributed by atoms with van der Waals surface area (Å²) in [6, 6.07) is 14.2. The number of hydrogen-bond acceptors (Lipinski definition) is 2. The molecule has 0 fully saturated rings. The minimum absolute atomic E-state index is 0.296. The summed E-state index contributed by atoms with van der Waals surface area (Å²) in [5, 5.41) is 1.11. The van der Waals surface area contributed by atoms with Crippen LogP contribution in [0.5, 0.6) is 0 Å². The molecular formula is C20H21NO2. The average Bonchev–Trinajstić information content (AvgIpc) is 2.80. The molecule has 3 aromatic rings. The Bertz CT molecular complexity index is 890. The van der Waals surface area contributed by atoms with Gasteiger partial charge in [0.05, 0.1) is 12.7 Å². The summed E-state index contributed by atoms with van der Waals surface area (Å²) in [5.74, 6) is -0.296. The van der Waals surface area contributed by atoms with Crippen LogP contribution in [0.2, 0.25) is 0 Å². The van der Waals surface area contributed by atoms with Gasteiger partial charge in [0.1, 0.15) is 0 Å². The van der Waals surface area contributed by atoms with Crippen LogP contribution in [0.15, 0.2) is 42.5 Å². The van der Waals surface area contributed by atoms with Crippen LogP contribution in [-0.2, 0) is 11.3 Å². The number of hydrogen-bond donors (Lipinski definition) is 0. The van der Waals surface area contributed by atoms with Gasteiger partial charge in [0.25, 0.3) is 0 Å². The van der Waals surface area contributed by atoms with Gasteiger partial charge in [0.15, 0.2) is 0 Å². The molecule has 0 amide bonds. The maximum Gasteiger partial charge on any atom is 0.337 e. The molecule has 0 saturated carbocycles. The Morgan fingerprint density at radius 1 is 1.09 bits per heavy atom. The number of aromatic nitrogens is 1. The summed E-state index contributed by atoms with van der Waals surface area (Å²) in [5.41, 5.74) is 6.78. The van der Waals surface area contributed by atoms with E-state index >= 15 is 0 Å². The number of aryl methyl sites for hydroxylation is 2. The van der Waals surface area contributed by atoms with Crippen LogP contribution < -0.4 is 0 Å². The second-order valence-electron chi connectivity index (χ2n) is 5.95. The van der Waals surface area contributed by atoms with Gasteiger partial charge in [-0.2, -0.15) is 0 Å². The summed E-state index contributed by atoms with van der Waals surface area (Å²) in [6.07, 6.45) is 0. The minimum Gasteiger partial charge on any atom is -0.465 e. The monoisotopic (exact) mass is 307 g/mol. The summed E-state index contributed by atoms with van der Waals surface area (Å²) in [7, 11) is 1.41. The molecule has 0 bridgehead atoms. The van der Waals surface area contributed by atoms with Crippen molar-refractivity contribution in [3.8, 4) is 0 Å². The molecule has 118 valence electrons. The first-order valence-electron chi connectivity index (χ1n) is 7.75. The first-order chi connectivity index (χ1) is 11.0. The number of ether oxygens (including phenoxy) is 1. The molecule has 23 heavy (non-hydrogen) atoms. The van der Waals surface area contributed by atoms with Crippen molar-refractivity contribution in [3.63, 3.8) is 0 Å². The molecule has 3 heteroatoms. The summed E-state index contributed by atoms with van der Waals surface area (Å²) in [4.78, 5) is 11.8. The van der Waals surface area contributed by atoms with Crippen molar-refractivity contribution in [1.29, 1.82) is 0 Å². The number of fused-ring (bicyclic) bond motifs is 1. The number of methoxy groups -OCH3 is 1. The van der Waals surface area contributed by atoms with Crippen LogP contribution in [0.1, 0.15) is 32.7 Å². The highest BCUT2D eigenvalue weighted by atomic mass is 16.5. The summed E-state index contributed by atoms with van der Waals surface area (Å²) in [6.45, 7) is 7.21. The van der Waals surface area contributed by atoms with E-state index in [1.54, 1.807) is 0 Å². The van der Waals surface area contributed by atoms with E-state index in [0.29, 0.717) is 5.56 Å². The van der Waals surface area contributed by atoms with Gasteiger partial charge in [0.2, 0.25) is 0 Å². The third kappa shape index (κ3) is 2.63. The van der Waals surface area contributed by atoms with E-state index in [9.17, 15) is 4.79 Å². The fourth-order valence-corrected chi connectivity index (χ4v) is 3.06. The predicted molar refractivity (Wildman–Crippen MR) is 93.0 cm³/mol. The van der Waals surface area contributed by atoms with E-state index in [-0.39, 0.29) is 5.97 Å². The molecule has 3 nitrogen and oxygen atoms in total. The third-order valence-corrected chi connectivity index (χ3v) is 4.65. The molecule has 0 aliphatic rings. The van der Waals surface area contributed by atoms with Crippen molar-refractivity contribution in [2.24, 2.45) is 0 Å². The van der Waals surface area contributed by atoms with Gasteiger partial charge in [-0.15, -0.1) is 0 Å². The van der Waals surface area contributed by atoms with Gasteiger partial charge in [-0.05, 0) is 55.7 Å². The van der Waals surface area contributed by atoms with E-state index in [4.69, 9.17) is 4.74 Å². The maximum absolute atomic E-state index is 11.8. The van der Waals surface area contributed by atoms with E-state index in [2.05, 4.69) is 49.6 Å². The van der Waals surface area contributed by atoms with Crippen molar-refractivity contribution < 1.29 is 9.53 Å². The first-order valence-corrected chi connectivity index (χ1v) is 7.75. The predicted octanol–water partition coefficient (Wildman–Crippen LogP) is 4.40. The lowest BCUT2D eigenvalue weighted by Gasteiger charge is -2.11. The second kappa shape index (κ2) is 5.92. The van der Waals surface area contributed by atoms with E-state index in [1.165, 1.54) is 29.5 Å². The lowest BCUT2D eigenvalue weighted by molar-refractivity contribution is 0.0601. The van der Waals surface area contributed by atoms with Crippen LogP contribution in [0.3, 0.4) is 0 Å². The molecule has 0 aliphatic heterocycles. The Morgan fingerprint density at radius 2 is 1.83 bits per heavy atom. The Balaban J connectivity index is 2.13. The second-order valence-corrected chi connectivity index (χ2v) is 5.95. The van der Waals surface area contributed by atoms with Crippen molar-refractivity contribution in [2.75, 3.05) is 7.11 Å². The largest absolute Gasteiger partial charge is 0.465 e. The number of benzene rings is 2. The van der Waals surface area contributed by atoms with Crippen molar-refractivity contribution in [3.05, 3.63) is 70.4 Å². The van der Waals surface area contributed by atoms with E-state index < -0.39 is 0 Å². The molecule has 0 N–H and O–H groups in total. The van der Waals surface area contributed by atoms with Crippen LogP contribution in [-0.4, -0.2) is 17.6 Å². The van der Waals surface area contributed by atoms with Crippen molar-refractivity contribution in [1.82, 2.24) is 4.57 Å². The minimum atomic E-state index is -0.296. The lowest BCUT2D eigenvalue weighted by Crippen LogP contribution is -2.04. The van der Waals surface area contributed by atoms with E-state index in [0.717, 1.165) is 17.4 Å². The van der Waals surface area contributed by atoms with Gasteiger partial charge in [-0.3, -0.25) is 0 Å². The fourth-order valence-electron chi connectivity index (χ4n) is 3.06. The van der Waals surface area contributed by atoms with Gasteiger partial charge in [-0.1, -0.05) is 24.3 Å². The number of esters is 1. The zero-order chi connectivity index (χ0) is 16.6. The number of rotatable bonds is 3. The molecular weight excluding hydrogens is 286 g/mol. The first kappa shape index (κ1) is 15.3. The molecule has 0 atom stereocenters. The van der Waals surface area contributed by atoms with Crippen molar-refractivity contribution in [2.45, 2.75) is 27.3 Å². The molecule has 1 aromatic heterocycles. The Kier molecular flexibility index (Phi) is 3.95. The fraction of sp³-hybridized carbons (Fsp3) is 0.250. The number of nitrogens with zero attached hydrogens (tertiary/aromatic N) is 1. The molecule has 0 radical (unpaired) electrons. The maximum atomic E-state index is 11.8. The van der Waals surface area contributed by atoms with Crippen LogP contribution in [0.25, 0.3) is 10.9 Å². The molecule has 0 saturated heterocycles. The van der Waals surface area contributed by atoms with Crippen LogP contribution >= 0.6 is 0 Å². The SMILES string of the molecule is COC(=O)c1ccc2c(c1)c(C)c(C)n2Cc1ccccc1C. The van der Waals surface area contributed by atoms with Gasteiger partial charge in [0, 0.05) is 23.1 Å². The molecule has 0 spiro atoms. The van der Waals surface area contributed by atoms with Gasteiger partial charge < -0.3 is 9.30 Å². The molecule has 0 unspecified atom stereocenters. The number of carbonyl (C=O) groups excluding carboxylic acids is 1. The van der Waals surface area contributed by atoms with Gasteiger partial charge in [-0.25, -0.2) is 4.79 Å². The topological polar surface area (TPSA) is 31.2 Å². The van der Waals surface area contributed by atoms with E-state index in [1.807, 2.05) is 18.2 Å². The van der Waals surface area contributed by atoms with Crippen LogP contribution in [0, 0.1) is 20.8 Å². The number of carbonyl (C=O) groups is 1. The van der Waals surface area contributed by atoms with Crippen molar-refractivity contribution >= 4 is 16.9 Å². The molecule has 1 heterocycles. The smallest absolute Gasteiger partial charge is 0.337 e.